The third-order valence-electron chi connectivity index (χ3n) is 1.89. The molecule has 17 heavy (non-hydrogen) atoms. The summed E-state index contributed by atoms with van der Waals surface area (Å²) in [5, 5.41) is 10.8. The largest absolute Gasteiger partial charge is 0.469 e. The van der Waals surface area contributed by atoms with Crippen LogP contribution in [-0.4, -0.2) is 33.7 Å². The predicted octanol–water partition coefficient (Wildman–Crippen LogP) is 1.29. The van der Waals surface area contributed by atoms with Gasteiger partial charge >= 0.3 is 11.7 Å². The van der Waals surface area contributed by atoms with Crippen molar-refractivity contribution in [1.29, 1.82) is 0 Å². The Bertz CT molecular complexity index is 409. The van der Waals surface area contributed by atoms with Gasteiger partial charge in [-0.15, -0.1) is 0 Å². The SMILES string of the molecule is COC(=O)C(C)CSc1ncc([N+](=O)[O-])cn1. The highest BCUT2D eigenvalue weighted by atomic mass is 32.2. The number of nitrogens with zero attached hydrogens (tertiary/aromatic N) is 3. The average Bonchev–Trinajstić information content (AvgIpc) is 2.35. The van der Waals surface area contributed by atoms with Gasteiger partial charge in [0.15, 0.2) is 5.16 Å². The maximum absolute atomic E-state index is 11.1. The molecule has 0 radical (unpaired) electrons. The molecule has 0 bridgehead atoms. The first-order valence-corrected chi connectivity index (χ1v) is 5.70. The van der Waals surface area contributed by atoms with E-state index in [4.69, 9.17) is 0 Å². The Morgan fingerprint density at radius 3 is 2.65 bits per heavy atom. The van der Waals surface area contributed by atoms with E-state index in [9.17, 15) is 14.9 Å². The number of carbonyl (C=O) groups is 1. The Balaban J connectivity index is 2.53. The standard InChI is InChI=1S/C9H11N3O4S/c1-6(8(13)16-2)5-17-9-10-3-7(4-11-9)12(14)15/h3-4,6H,5H2,1-2H3. The van der Waals surface area contributed by atoms with Gasteiger partial charge in [0.05, 0.1) is 18.0 Å². The first kappa shape index (κ1) is 13.4. The molecule has 0 aliphatic heterocycles. The lowest BCUT2D eigenvalue weighted by molar-refractivity contribution is -0.385. The van der Waals surface area contributed by atoms with Crippen LogP contribution in [0.15, 0.2) is 17.6 Å². The molecule has 8 heteroatoms. The maximum Gasteiger partial charge on any atom is 0.309 e. The van der Waals surface area contributed by atoms with Crippen LogP contribution in [-0.2, 0) is 9.53 Å². The third-order valence-corrected chi connectivity index (χ3v) is 3.03. The molecule has 7 nitrogen and oxygen atoms in total. The van der Waals surface area contributed by atoms with E-state index in [0.717, 1.165) is 12.4 Å². The number of methoxy groups -OCH3 is 1. The normalized spacial score (nSPS) is 11.9. The van der Waals surface area contributed by atoms with Gasteiger partial charge in [-0.3, -0.25) is 14.9 Å². The van der Waals surface area contributed by atoms with Crippen LogP contribution < -0.4 is 0 Å². The molecule has 0 amide bonds. The molecule has 0 saturated carbocycles. The molecular formula is C9H11N3O4S. The second kappa shape index (κ2) is 6.14. The van der Waals surface area contributed by atoms with Gasteiger partial charge in [-0.05, 0) is 0 Å². The zero-order valence-electron chi connectivity index (χ0n) is 9.32. The minimum Gasteiger partial charge on any atom is -0.469 e. The number of aromatic nitrogens is 2. The van der Waals surface area contributed by atoms with Crippen molar-refractivity contribution in [2.45, 2.75) is 12.1 Å². The van der Waals surface area contributed by atoms with Crippen molar-refractivity contribution >= 4 is 23.4 Å². The fourth-order valence-corrected chi connectivity index (χ4v) is 1.74. The van der Waals surface area contributed by atoms with Gasteiger partial charge < -0.3 is 4.74 Å². The topological polar surface area (TPSA) is 95.2 Å². The highest BCUT2D eigenvalue weighted by Crippen LogP contribution is 2.18. The minimum absolute atomic E-state index is 0.157. The average molecular weight is 257 g/mol. The van der Waals surface area contributed by atoms with Crippen molar-refractivity contribution in [3.63, 3.8) is 0 Å². The second-order valence-corrected chi connectivity index (χ2v) is 4.20. The van der Waals surface area contributed by atoms with Crippen molar-refractivity contribution in [1.82, 2.24) is 9.97 Å². The van der Waals surface area contributed by atoms with Gasteiger partial charge in [0.1, 0.15) is 12.4 Å². The van der Waals surface area contributed by atoms with Gasteiger partial charge in [-0.2, -0.15) is 0 Å². The van der Waals surface area contributed by atoms with Crippen molar-refractivity contribution in [2.75, 3.05) is 12.9 Å². The third kappa shape index (κ3) is 3.99. The summed E-state index contributed by atoms with van der Waals surface area (Å²) in [5.41, 5.74) is -0.157. The van der Waals surface area contributed by atoms with E-state index in [1.165, 1.54) is 18.9 Å². The molecule has 0 aromatic carbocycles. The number of rotatable bonds is 5. The fraction of sp³-hybridized carbons (Fsp3) is 0.444. The van der Waals surface area contributed by atoms with Gasteiger partial charge in [0.2, 0.25) is 0 Å². The summed E-state index contributed by atoms with van der Waals surface area (Å²) in [5.74, 6) is -0.118. The smallest absolute Gasteiger partial charge is 0.309 e. The summed E-state index contributed by atoms with van der Waals surface area (Å²) in [7, 11) is 1.33. The van der Waals surface area contributed by atoms with Gasteiger partial charge in [0, 0.05) is 5.75 Å². The van der Waals surface area contributed by atoms with Crippen molar-refractivity contribution in [3.05, 3.63) is 22.5 Å². The summed E-state index contributed by atoms with van der Waals surface area (Å²) in [6, 6.07) is 0. The Kier molecular flexibility index (Phi) is 4.83. The van der Waals surface area contributed by atoms with Crippen molar-refractivity contribution in [2.24, 2.45) is 5.92 Å². The molecule has 1 aromatic rings. The molecule has 1 rings (SSSR count). The van der Waals surface area contributed by atoms with E-state index < -0.39 is 4.92 Å². The summed E-state index contributed by atoms with van der Waals surface area (Å²) in [6.07, 6.45) is 2.27. The molecule has 0 saturated heterocycles. The van der Waals surface area contributed by atoms with Crippen LogP contribution in [0.4, 0.5) is 5.69 Å². The predicted molar refractivity (Wildman–Crippen MR) is 60.6 cm³/mol. The zero-order valence-corrected chi connectivity index (χ0v) is 10.1. The van der Waals surface area contributed by atoms with Crippen molar-refractivity contribution < 1.29 is 14.5 Å². The number of hydrogen-bond donors (Lipinski definition) is 0. The Morgan fingerprint density at radius 1 is 1.59 bits per heavy atom. The Hall–Kier alpha value is -1.70. The second-order valence-electron chi connectivity index (χ2n) is 3.22. The molecule has 92 valence electrons. The summed E-state index contributed by atoms with van der Waals surface area (Å²) < 4.78 is 4.57. The lowest BCUT2D eigenvalue weighted by Crippen LogP contribution is -2.14. The van der Waals surface area contributed by atoms with Gasteiger partial charge in [-0.1, -0.05) is 18.7 Å². The Morgan fingerprint density at radius 2 is 2.18 bits per heavy atom. The summed E-state index contributed by atoms with van der Waals surface area (Å²) >= 11 is 1.25. The molecule has 0 fully saturated rings. The molecule has 0 N–H and O–H groups in total. The summed E-state index contributed by atoms with van der Waals surface area (Å²) in [6.45, 7) is 1.73. The molecule has 1 aromatic heterocycles. The van der Waals surface area contributed by atoms with Crippen LogP contribution in [0.2, 0.25) is 0 Å². The number of hydrogen-bond acceptors (Lipinski definition) is 7. The lowest BCUT2D eigenvalue weighted by atomic mass is 10.2. The van der Waals surface area contributed by atoms with Crippen LogP contribution in [0.25, 0.3) is 0 Å². The number of thioether (sulfide) groups is 1. The first-order chi connectivity index (χ1) is 8.04. The van der Waals surface area contributed by atoms with Crippen LogP contribution in [0.3, 0.4) is 0 Å². The highest BCUT2D eigenvalue weighted by molar-refractivity contribution is 7.99. The van der Waals surface area contributed by atoms with E-state index >= 15 is 0 Å². The zero-order chi connectivity index (χ0) is 12.8. The molecular weight excluding hydrogens is 246 g/mol. The van der Waals surface area contributed by atoms with Crippen LogP contribution in [0, 0.1) is 16.0 Å². The van der Waals surface area contributed by atoms with Gasteiger partial charge in [-0.25, -0.2) is 9.97 Å². The molecule has 0 spiro atoms. The molecule has 0 aliphatic rings. The number of carbonyl (C=O) groups excluding carboxylic acids is 1. The number of esters is 1. The van der Waals surface area contributed by atoms with Crippen molar-refractivity contribution in [3.8, 4) is 0 Å². The summed E-state index contributed by atoms with van der Waals surface area (Å²) in [4.78, 5) is 28.5. The van der Waals surface area contributed by atoms with E-state index in [0.29, 0.717) is 10.9 Å². The van der Waals surface area contributed by atoms with Crippen LogP contribution in [0.5, 0.6) is 0 Å². The minimum atomic E-state index is -0.564. The quantitative estimate of drug-likeness (QED) is 0.258. The van der Waals surface area contributed by atoms with Crippen LogP contribution in [0.1, 0.15) is 6.92 Å². The molecule has 1 atom stereocenters. The maximum atomic E-state index is 11.1. The molecule has 1 unspecified atom stereocenters. The van der Waals surface area contributed by atoms with E-state index in [1.807, 2.05) is 0 Å². The number of nitro groups is 1. The van der Waals surface area contributed by atoms with E-state index in [-0.39, 0.29) is 17.6 Å². The Labute approximate surface area is 102 Å². The number of ether oxygens (including phenoxy) is 1. The molecule has 1 heterocycles. The van der Waals surface area contributed by atoms with Gasteiger partial charge in [0.25, 0.3) is 0 Å². The lowest BCUT2D eigenvalue weighted by Gasteiger charge is -2.06. The van der Waals surface area contributed by atoms with E-state index in [2.05, 4.69) is 14.7 Å². The first-order valence-electron chi connectivity index (χ1n) is 4.71. The van der Waals surface area contributed by atoms with Crippen LogP contribution >= 0.6 is 11.8 Å². The monoisotopic (exact) mass is 257 g/mol. The highest BCUT2D eigenvalue weighted by Gasteiger charge is 2.14. The van der Waals surface area contributed by atoms with E-state index in [1.54, 1.807) is 6.92 Å². The molecule has 0 aliphatic carbocycles. The fourth-order valence-electron chi connectivity index (χ4n) is 0.947.